The largest absolute Gasteiger partial charge is 0.497 e. The second kappa shape index (κ2) is 9.87. The van der Waals surface area contributed by atoms with Gasteiger partial charge in [-0.25, -0.2) is 9.78 Å². The van der Waals surface area contributed by atoms with E-state index in [0.717, 1.165) is 11.5 Å². The molecule has 0 fully saturated rings. The number of carbonyl (C=O) groups excluding carboxylic acids is 1. The van der Waals surface area contributed by atoms with Gasteiger partial charge in [-0.3, -0.25) is 0 Å². The summed E-state index contributed by atoms with van der Waals surface area (Å²) in [6.45, 7) is 0.600. The van der Waals surface area contributed by atoms with Crippen LogP contribution in [0.3, 0.4) is 0 Å². The maximum atomic E-state index is 13.0. The topological polar surface area (TPSA) is 99.1 Å². The number of urea groups is 1. The van der Waals surface area contributed by atoms with Gasteiger partial charge in [0.15, 0.2) is 0 Å². The number of carbonyl (C=O) groups is 1. The Morgan fingerprint density at radius 1 is 1.16 bits per heavy atom. The fourth-order valence-corrected chi connectivity index (χ4v) is 3.00. The van der Waals surface area contributed by atoms with Crippen LogP contribution in [0.4, 0.5) is 29.5 Å². The van der Waals surface area contributed by atoms with Crippen molar-refractivity contribution in [2.45, 2.75) is 12.6 Å². The molecule has 0 aliphatic rings. The molecule has 2 amide bonds. The van der Waals surface area contributed by atoms with E-state index in [2.05, 4.69) is 27.0 Å². The second-order valence-corrected chi connectivity index (χ2v) is 6.76. The Hall–Kier alpha value is -4.00. The molecule has 0 aliphatic heterocycles. The van der Waals surface area contributed by atoms with E-state index in [-0.39, 0.29) is 12.2 Å². The average molecular weight is 443 g/mol. The summed E-state index contributed by atoms with van der Waals surface area (Å²) in [5.41, 5.74) is -0.180. The lowest BCUT2D eigenvalue weighted by molar-refractivity contribution is -0.136. The molecule has 0 spiro atoms. The number of anilines is 2. The molecule has 2 aromatic carbocycles. The highest BCUT2D eigenvalue weighted by Crippen LogP contribution is 2.34. The van der Waals surface area contributed by atoms with Crippen molar-refractivity contribution in [3.8, 4) is 11.8 Å². The van der Waals surface area contributed by atoms with Crippen LogP contribution in [0, 0.1) is 11.3 Å². The minimum absolute atomic E-state index is 0.208. The summed E-state index contributed by atoms with van der Waals surface area (Å²) in [6, 6.07) is 13.1. The van der Waals surface area contributed by atoms with Crippen LogP contribution in [-0.4, -0.2) is 31.2 Å². The lowest BCUT2D eigenvalue weighted by atomic mass is 10.1. The Labute approximate surface area is 182 Å². The van der Waals surface area contributed by atoms with Gasteiger partial charge in [0.2, 0.25) is 0 Å². The molecule has 3 aromatic rings. The fraction of sp³-hybridized carbons (Fsp3) is 0.227. The molecule has 32 heavy (non-hydrogen) atoms. The molecule has 0 saturated heterocycles. The van der Waals surface area contributed by atoms with E-state index in [1.165, 1.54) is 18.2 Å². The molecule has 0 saturated carbocycles. The zero-order valence-electron chi connectivity index (χ0n) is 17.1. The molecule has 166 valence electrons. The van der Waals surface area contributed by atoms with Crippen molar-refractivity contribution in [3.05, 3.63) is 59.7 Å². The third-order valence-electron chi connectivity index (χ3n) is 4.55. The Morgan fingerprint density at radius 2 is 1.94 bits per heavy atom. The molecule has 1 heterocycles. The molecule has 0 unspecified atom stereocenters. The zero-order valence-corrected chi connectivity index (χ0v) is 17.1. The molecule has 1 aromatic heterocycles. The first kappa shape index (κ1) is 22.7. The highest BCUT2D eigenvalue weighted by Gasteiger charge is 2.33. The molecule has 0 aliphatic carbocycles. The van der Waals surface area contributed by atoms with Gasteiger partial charge >= 0.3 is 12.2 Å². The van der Waals surface area contributed by atoms with Gasteiger partial charge in [-0.05, 0) is 42.8 Å². The highest BCUT2D eigenvalue weighted by molar-refractivity contribution is 5.90. The molecule has 10 heteroatoms. The SMILES string of the molecule is COc1ccc2nc(NCCCNC(=O)Nc3ccccc3C(F)(F)F)c(C#N)cc2c1. The summed E-state index contributed by atoms with van der Waals surface area (Å²) in [7, 11) is 1.55. The van der Waals surface area contributed by atoms with Crippen LogP contribution in [-0.2, 0) is 6.18 Å². The number of benzene rings is 2. The summed E-state index contributed by atoms with van der Waals surface area (Å²) >= 11 is 0. The second-order valence-electron chi connectivity index (χ2n) is 6.76. The number of nitriles is 1. The molecule has 0 bridgehead atoms. The number of rotatable bonds is 7. The molecular weight excluding hydrogens is 423 g/mol. The number of halogens is 3. The Balaban J connectivity index is 1.52. The number of methoxy groups -OCH3 is 1. The summed E-state index contributed by atoms with van der Waals surface area (Å²) in [5, 5.41) is 17.9. The number of amides is 2. The first-order valence-corrected chi connectivity index (χ1v) is 9.65. The molecular formula is C22H20F3N5O2. The van der Waals surface area contributed by atoms with E-state index in [9.17, 15) is 23.2 Å². The van der Waals surface area contributed by atoms with Crippen LogP contribution in [0.2, 0.25) is 0 Å². The molecule has 3 N–H and O–H groups in total. The number of hydrogen-bond donors (Lipinski definition) is 3. The monoisotopic (exact) mass is 443 g/mol. The van der Waals surface area contributed by atoms with Crippen molar-refractivity contribution >= 4 is 28.4 Å². The Kier molecular flexibility index (Phi) is 7.00. The van der Waals surface area contributed by atoms with Crippen molar-refractivity contribution in [2.75, 3.05) is 30.8 Å². The number of hydrogen-bond acceptors (Lipinski definition) is 5. The maximum absolute atomic E-state index is 13.0. The number of para-hydroxylation sites is 1. The lowest BCUT2D eigenvalue weighted by Gasteiger charge is -2.14. The number of nitrogens with zero attached hydrogens (tertiary/aromatic N) is 2. The maximum Gasteiger partial charge on any atom is 0.418 e. The minimum Gasteiger partial charge on any atom is -0.497 e. The summed E-state index contributed by atoms with van der Waals surface area (Å²) in [4.78, 5) is 16.4. The van der Waals surface area contributed by atoms with E-state index < -0.39 is 17.8 Å². The van der Waals surface area contributed by atoms with Crippen LogP contribution in [0.25, 0.3) is 10.9 Å². The number of nitrogens with one attached hydrogen (secondary N) is 3. The fourth-order valence-electron chi connectivity index (χ4n) is 3.00. The third-order valence-corrected chi connectivity index (χ3v) is 4.55. The van der Waals surface area contributed by atoms with Gasteiger partial charge in [0.05, 0.1) is 29.4 Å². The third kappa shape index (κ3) is 5.57. The molecule has 7 nitrogen and oxygen atoms in total. The predicted octanol–water partition coefficient (Wildman–Crippen LogP) is 4.76. The van der Waals surface area contributed by atoms with Gasteiger partial charge in [0.25, 0.3) is 0 Å². The van der Waals surface area contributed by atoms with Crippen LogP contribution in [0.5, 0.6) is 5.75 Å². The van der Waals surface area contributed by atoms with Crippen molar-refractivity contribution in [1.29, 1.82) is 5.26 Å². The smallest absolute Gasteiger partial charge is 0.418 e. The van der Waals surface area contributed by atoms with E-state index in [1.807, 2.05) is 0 Å². The van der Waals surface area contributed by atoms with Crippen molar-refractivity contribution in [3.63, 3.8) is 0 Å². The number of pyridine rings is 1. The van der Waals surface area contributed by atoms with Gasteiger partial charge < -0.3 is 20.7 Å². The molecule has 0 atom stereocenters. The van der Waals surface area contributed by atoms with Gasteiger partial charge in [0, 0.05) is 18.5 Å². The number of fused-ring (bicyclic) bond motifs is 1. The van der Waals surface area contributed by atoms with Crippen LogP contribution >= 0.6 is 0 Å². The van der Waals surface area contributed by atoms with E-state index >= 15 is 0 Å². The number of ether oxygens (including phenoxy) is 1. The van der Waals surface area contributed by atoms with E-state index in [1.54, 1.807) is 31.4 Å². The Morgan fingerprint density at radius 3 is 2.66 bits per heavy atom. The molecule has 0 radical (unpaired) electrons. The van der Waals surface area contributed by atoms with E-state index in [4.69, 9.17) is 4.74 Å². The van der Waals surface area contributed by atoms with Crippen LogP contribution in [0.15, 0.2) is 48.5 Å². The number of aromatic nitrogens is 1. The van der Waals surface area contributed by atoms with Gasteiger partial charge in [-0.1, -0.05) is 12.1 Å². The van der Waals surface area contributed by atoms with E-state index in [0.29, 0.717) is 35.6 Å². The van der Waals surface area contributed by atoms with Crippen molar-refractivity contribution in [1.82, 2.24) is 10.3 Å². The van der Waals surface area contributed by atoms with Gasteiger partial charge in [-0.15, -0.1) is 0 Å². The first-order valence-electron chi connectivity index (χ1n) is 9.65. The number of alkyl halides is 3. The minimum atomic E-state index is -4.57. The summed E-state index contributed by atoms with van der Waals surface area (Å²) in [6.07, 6.45) is -4.11. The summed E-state index contributed by atoms with van der Waals surface area (Å²) < 4.78 is 44.2. The van der Waals surface area contributed by atoms with Crippen molar-refractivity contribution in [2.24, 2.45) is 0 Å². The Bertz CT molecular complexity index is 1160. The predicted molar refractivity (Wildman–Crippen MR) is 115 cm³/mol. The van der Waals surface area contributed by atoms with Crippen molar-refractivity contribution < 1.29 is 22.7 Å². The van der Waals surface area contributed by atoms with Crippen LogP contribution < -0.4 is 20.7 Å². The zero-order chi connectivity index (χ0) is 23.1. The lowest BCUT2D eigenvalue weighted by Crippen LogP contribution is -2.31. The average Bonchev–Trinajstić information content (AvgIpc) is 2.77. The standard InChI is InChI=1S/C22H20F3N5O2/c1-32-16-7-8-18-14(12-16)11-15(13-26)20(29-18)27-9-4-10-28-21(31)30-19-6-3-2-5-17(19)22(23,24)25/h2-3,5-8,11-12H,4,9-10H2,1H3,(H,27,29)(H2,28,30,31). The van der Waals surface area contributed by atoms with Gasteiger partial charge in [-0.2, -0.15) is 18.4 Å². The summed E-state index contributed by atoms with van der Waals surface area (Å²) in [5.74, 6) is 1.07. The quantitative estimate of drug-likeness (QED) is 0.458. The highest BCUT2D eigenvalue weighted by atomic mass is 19.4. The normalized spacial score (nSPS) is 11.0. The molecule has 3 rings (SSSR count). The first-order chi connectivity index (χ1) is 15.3. The van der Waals surface area contributed by atoms with Crippen LogP contribution in [0.1, 0.15) is 17.5 Å². The van der Waals surface area contributed by atoms with Gasteiger partial charge in [0.1, 0.15) is 17.6 Å².